The van der Waals surface area contributed by atoms with Crippen LogP contribution in [0.1, 0.15) is 23.3 Å². The summed E-state index contributed by atoms with van der Waals surface area (Å²) in [4.78, 5) is 18.1. The minimum Gasteiger partial charge on any atom is -0.337 e. The molecule has 0 radical (unpaired) electrons. The van der Waals surface area contributed by atoms with Gasteiger partial charge in [0.25, 0.3) is 5.91 Å². The molecule has 1 amide bonds. The van der Waals surface area contributed by atoms with Crippen LogP contribution in [0.25, 0.3) is 0 Å². The zero-order valence-corrected chi connectivity index (χ0v) is 9.82. The maximum absolute atomic E-state index is 12.1. The SMILES string of the molecule is N[C@H]1CC[C@H]2CN(C(=O)c3cscn3)C[C@H]21. The quantitative estimate of drug-likeness (QED) is 0.791. The van der Waals surface area contributed by atoms with Gasteiger partial charge >= 0.3 is 0 Å². The van der Waals surface area contributed by atoms with Crippen LogP contribution in [0, 0.1) is 11.8 Å². The van der Waals surface area contributed by atoms with Gasteiger partial charge in [0.05, 0.1) is 5.51 Å². The Morgan fingerprint density at radius 3 is 3.06 bits per heavy atom. The Balaban J connectivity index is 1.73. The van der Waals surface area contributed by atoms with Crippen molar-refractivity contribution in [1.29, 1.82) is 0 Å². The van der Waals surface area contributed by atoms with E-state index in [2.05, 4.69) is 4.98 Å². The van der Waals surface area contributed by atoms with Gasteiger partial charge in [-0.2, -0.15) is 0 Å². The highest BCUT2D eigenvalue weighted by molar-refractivity contribution is 7.07. The zero-order valence-electron chi connectivity index (χ0n) is 9.00. The van der Waals surface area contributed by atoms with Crippen LogP contribution in [0.2, 0.25) is 0 Å². The minimum atomic E-state index is 0.0721. The Morgan fingerprint density at radius 2 is 2.38 bits per heavy atom. The number of likely N-dealkylation sites (tertiary alicyclic amines) is 1. The molecule has 0 spiro atoms. The summed E-state index contributed by atoms with van der Waals surface area (Å²) < 4.78 is 0. The van der Waals surface area contributed by atoms with Crippen molar-refractivity contribution < 1.29 is 4.79 Å². The monoisotopic (exact) mass is 237 g/mol. The lowest BCUT2D eigenvalue weighted by molar-refractivity contribution is 0.0774. The molecule has 1 aliphatic heterocycles. The summed E-state index contributed by atoms with van der Waals surface area (Å²) in [5.74, 6) is 1.21. The lowest BCUT2D eigenvalue weighted by Crippen LogP contribution is -2.33. The molecular weight excluding hydrogens is 222 g/mol. The second kappa shape index (κ2) is 3.82. The predicted molar refractivity (Wildman–Crippen MR) is 62.2 cm³/mol. The molecule has 0 unspecified atom stereocenters. The number of thiazole rings is 1. The minimum absolute atomic E-state index is 0.0721. The Kier molecular flexibility index (Phi) is 2.44. The van der Waals surface area contributed by atoms with Gasteiger partial charge in [0.2, 0.25) is 0 Å². The molecule has 3 rings (SSSR count). The summed E-state index contributed by atoms with van der Waals surface area (Å²) in [5.41, 5.74) is 8.34. The van der Waals surface area contributed by atoms with Crippen LogP contribution in [0.15, 0.2) is 10.9 Å². The highest BCUT2D eigenvalue weighted by Crippen LogP contribution is 2.37. The molecule has 4 nitrogen and oxygen atoms in total. The van der Waals surface area contributed by atoms with E-state index in [9.17, 15) is 4.79 Å². The Labute approximate surface area is 98.5 Å². The van der Waals surface area contributed by atoms with Gasteiger partial charge in [-0.1, -0.05) is 0 Å². The molecule has 1 saturated heterocycles. The summed E-state index contributed by atoms with van der Waals surface area (Å²) in [6.07, 6.45) is 2.29. The van der Waals surface area contributed by atoms with E-state index in [1.165, 1.54) is 17.8 Å². The number of fused-ring (bicyclic) bond motifs is 1. The van der Waals surface area contributed by atoms with Gasteiger partial charge < -0.3 is 10.6 Å². The Hall–Kier alpha value is -0.940. The summed E-state index contributed by atoms with van der Waals surface area (Å²) in [6.45, 7) is 1.69. The van der Waals surface area contributed by atoms with Crippen LogP contribution in [-0.2, 0) is 0 Å². The lowest BCUT2D eigenvalue weighted by Gasteiger charge is -2.17. The van der Waals surface area contributed by atoms with Crippen LogP contribution in [0.3, 0.4) is 0 Å². The summed E-state index contributed by atoms with van der Waals surface area (Å²) in [5, 5.41) is 1.82. The molecule has 0 bridgehead atoms. The lowest BCUT2D eigenvalue weighted by atomic mass is 9.98. The number of carbonyl (C=O) groups excluding carboxylic acids is 1. The maximum Gasteiger partial charge on any atom is 0.273 e. The van der Waals surface area contributed by atoms with Gasteiger partial charge in [0.15, 0.2) is 0 Å². The van der Waals surface area contributed by atoms with Crippen molar-refractivity contribution >= 4 is 17.2 Å². The van der Waals surface area contributed by atoms with Gasteiger partial charge in [-0.3, -0.25) is 4.79 Å². The van der Waals surface area contributed by atoms with Crippen molar-refractivity contribution in [3.63, 3.8) is 0 Å². The third-order valence-electron chi connectivity index (χ3n) is 3.85. The van der Waals surface area contributed by atoms with E-state index in [-0.39, 0.29) is 5.91 Å². The molecule has 1 aromatic rings. The average Bonchev–Trinajstić information content (AvgIpc) is 2.96. The average molecular weight is 237 g/mol. The van der Waals surface area contributed by atoms with E-state index in [1.54, 1.807) is 5.51 Å². The van der Waals surface area contributed by atoms with Crippen LogP contribution >= 0.6 is 11.3 Å². The topological polar surface area (TPSA) is 59.2 Å². The third kappa shape index (κ3) is 1.55. The second-order valence-corrected chi connectivity index (χ2v) is 5.47. The molecular formula is C11H15N3OS. The molecule has 1 aliphatic carbocycles. The predicted octanol–water partition coefficient (Wildman–Crippen LogP) is 0.952. The van der Waals surface area contributed by atoms with Crippen molar-refractivity contribution in [3.8, 4) is 0 Å². The smallest absolute Gasteiger partial charge is 0.273 e. The van der Waals surface area contributed by atoms with Gasteiger partial charge in [0, 0.05) is 24.5 Å². The number of nitrogens with zero attached hydrogens (tertiary/aromatic N) is 2. The van der Waals surface area contributed by atoms with E-state index >= 15 is 0 Å². The zero-order chi connectivity index (χ0) is 11.1. The molecule has 1 saturated carbocycles. The normalized spacial score (nSPS) is 33.1. The number of nitrogens with two attached hydrogens (primary N) is 1. The highest BCUT2D eigenvalue weighted by atomic mass is 32.1. The van der Waals surface area contributed by atoms with Crippen molar-refractivity contribution in [2.45, 2.75) is 18.9 Å². The van der Waals surface area contributed by atoms with E-state index in [4.69, 9.17) is 5.73 Å². The molecule has 2 aliphatic rings. The summed E-state index contributed by atoms with van der Waals surface area (Å²) in [7, 11) is 0. The van der Waals surface area contributed by atoms with Crippen LogP contribution in [0.4, 0.5) is 0 Å². The molecule has 3 atom stereocenters. The first-order chi connectivity index (χ1) is 7.75. The third-order valence-corrected chi connectivity index (χ3v) is 4.44. The molecule has 2 N–H and O–H groups in total. The molecule has 16 heavy (non-hydrogen) atoms. The number of hydrogen-bond donors (Lipinski definition) is 1. The van der Waals surface area contributed by atoms with Crippen molar-refractivity contribution in [2.75, 3.05) is 13.1 Å². The Morgan fingerprint density at radius 1 is 1.50 bits per heavy atom. The summed E-state index contributed by atoms with van der Waals surface area (Å²) in [6, 6.07) is 0.290. The first kappa shape index (κ1) is 10.2. The van der Waals surface area contributed by atoms with Crippen molar-refractivity contribution in [1.82, 2.24) is 9.88 Å². The van der Waals surface area contributed by atoms with Gasteiger partial charge in [-0.05, 0) is 24.7 Å². The summed E-state index contributed by atoms with van der Waals surface area (Å²) >= 11 is 1.47. The molecule has 1 aromatic heterocycles. The number of aromatic nitrogens is 1. The number of amides is 1. The first-order valence-electron chi connectivity index (χ1n) is 5.69. The first-order valence-corrected chi connectivity index (χ1v) is 6.63. The van der Waals surface area contributed by atoms with Gasteiger partial charge in [0.1, 0.15) is 5.69 Å². The molecule has 2 heterocycles. The number of carbonyl (C=O) groups is 1. The van der Waals surface area contributed by atoms with Crippen LogP contribution < -0.4 is 5.73 Å². The fraction of sp³-hybridized carbons (Fsp3) is 0.636. The fourth-order valence-corrected chi connectivity index (χ4v) is 3.48. The molecule has 0 aromatic carbocycles. The standard InChI is InChI=1S/C11H15N3OS/c12-9-2-1-7-3-14(4-8(7)9)11(15)10-5-16-6-13-10/h5-9H,1-4,12H2/t7-,8+,9-/m0/s1. The largest absolute Gasteiger partial charge is 0.337 e. The van der Waals surface area contributed by atoms with E-state index in [0.29, 0.717) is 23.6 Å². The van der Waals surface area contributed by atoms with Gasteiger partial charge in [-0.25, -0.2) is 4.98 Å². The second-order valence-electron chi connectivity index (χ2n) is 4.75. The van der Waals surface area contributed by atoms with E-state index < -0.39 is 0 Å². The number of rotatable bonds is 1. The van der Waals surface area contributed by atoms with Gasteiger partial charge in [-0.15, -0.1) is 11.3 Å². The Bertz CT molecular complexity index is 392. The molecule has 5 heteroatoms. The molecule has 86 valence electrons. The maximum atomic E-state index is 12.1. The highest BCUT2D eigenvalue weighted by Gasteiger charge is 2.42. The van der Waals surface area contributed by atoms with Crippen LogP contribution in [-0.4, -0.2) is 34.9 Å². The van der Waals surface area contributed by atoms with E-state index in [1.807, 2.05) is 10.3 Å². The van der Waals surface area contributed by atoms with Crippen molar-refractivity contribution in [2.24, 2.45) is 17.6 Å². The number of hydrogen-bond acceptors (Lipinski definition) is 4. The van der Waals surface area contributed by atoms with Crippen LogP contribution in [0.5, 0.6) is 0 Å². The van der Waals surface area contributed by atoms with Crippen molar-refractivity contribution in [3.05, 3.63) is 16.6 Å². The van der Waals surface area contributed by atoms with E-state index in [0.717, 1.165) is 19.5 Å². The fourth-order valence-electron chi connectivity index (χ4n) is 2.95. The molecule has 2 fully saturated rings.